The van der Waals surface area contributed by atoms with E-state index in [1.165, 1.54) is 26.3 Å². The summed E-state index contributed by atoms with van der Waals surface area (Å²) in [5, 5.41) is 3.87. The van der Waals surface area contributed by atoms with Crippen molar-refractivity contribution in [2.24, 2.45) is 7.05 Å². The molecule has 152 valence electrons. The van der Waals surface area contributed by atoms with Gasteiger partial charge in [-0.2, -0.15) is 22.6 Å². The van der Waals surface area contributed by atoms with Crippen molar-refractivity contribution in [3.8, 4) is 0 Å². The summed E-state index contributed by atoms with van der Waals surface area (Å²) in [7, 11) is -2.10. The van der Waals surface area contributed by atoms with Crippen molar-refractivity contribution < 1.29 is 26.4 Å². The molecule has 0 aliphatic carbocycles. The van der Waals surface area contributed by atoms with Crippen LogP contribution in [0.25, 0.3) is 0 Å². The van der Waals surface area contributed by atoms with Crippen LogP contribution in [0.15, 0.2) is 41.6 Å². The zero-order valence-electron chi connectivity index (χ0n) is 15.1. The topological polar surface area (TPSA) is 75.5 Å². The highest BCUT2D eigenvalue weighted by molar-refractivity contribution is 7.89. The molecule has 0 atom stereocenters. The number of sulfonamides is 1. The lowest BCUT2D eigenvalue weighted by Crippen LogP contribution is -2.37. The van der Waals surface area contributed by atoms with E-state index in [0.29, 0.717) is 13.0 Å². The lowest BCUT2D eigenvalue weighted by Gasteiger charge is -2.21. The maximum Gasteiger partial charge on any atom is 0.416 e. The first kappa shape index (κ1) is 20.3. The molecule has 1 aliphatic rings. The lowest BCUT2D eigenvalue weighted by atomic mass is 10.1. The summed E-state index contributed by atoms with van der Waals surface area (Å²) in [6, 6.07) is 4.01. The summed E-state index contributed by atoms with van der Waals surface area (Å²) in [4.78, 5) is 14.1. The number of carbonyl (C=O) groups is 1. The van der Waals surface area contributed by atoms with Gasteiger partial charge in [0.05, 0.1) is 11.8 Å². The van der Waals surface area contributed by atoms with Crippen LogP contribution in [-0.2, 0) is 23.2 Å². The Morgan fingerprint density at radius 2 is 1.75 bits per heavy atom. The highest BCUT2D eigenvalue weighted by Gasteiger charge is 2.31. The van der Waals surface area contributed by atoms with Gasteiger partial charge < -0.3 is 4.90 Å². The largest absolute Gasteiger partial charge is 0.416 e. The number of carbonyl (C=O) groups excluding carboxylic acids is 1. The molecule has 0 bridgehead atoms. The third-order valence-corrected chi connectivity index (χ3v) is 6.37. The Morgan fingerprint density at radius 1 is 1.07 bits per heavy atom. The maximum atomic E-state index is 12.7. The van der Waals surface area contributed by atoms with Crippen LogP contribution < -0.4 is 0 Å². The number of amides is 1. The first-order chi connectivity index (χ1) is 13.1. The first-order valence-corrected chi connectivity index (χ1v) is 9.98. The average Bonchev–Trinajstić information content (AvgIpc) is 2.93. The Balaban J connectivity index is 1.70. The number of hydrogen-bond donors (Lipinski definition) is 0. The molecule has 11 heteroatoms. The first-order valence-electron chi connectivity index (χ1n) is 8.54. The quantitative estimate of drug-likeness (QED) is 0.767. The van der Waals surface area contributed by atoms with Crippen LogP contribution in [0.4, 0.5) is 13.2 Å². The minimum absolute atomic E-state index is 0.0810. The molecule has 1 aromatic heterocycles. The van der Waals surface area contributed by atoms with Gasteiger partial charge in [-0.3, -0.25) is 9.48 Å². The molecule has 0 spiro atoms. The Hall–Kier alpha value is -2.40. The molecule has 1 aliphatic heterocycles. The van der Waals surface area contributed by atoms with Gasteiger partial charge in [0.25, 0.3) is 5.91 Å². The second-order valence-corrected chi connectivity index (χ2v) is 8.41. The molecule has 2 aromatic rings. The third-order valence-electron chi connectivity index (χ3n) is 4.52. The number of nitrogens with zero attached hydrogens (tertiary/aromatic N) is 4. The zero-order chi connectivity index (χ0) is 20.5. The molecular weight excluding hydrogens is 397 g/mol. The number of benzene rings is 1. The van der Waals surface area contributed by atoms with Gasteiger partial charge in [0.1, 0.15) is 4.90 Å². The van der Waals surface area contributed by atoms with Crippen molar-refractivity contribution in [3.05, 3.63) is 47.8 Å². The zero-order valence-corrected chi connectivity index (χ0v) is 15.9. The SMILES string of the molecule is Cn1cc(S(=O)(=O)N2CCCN(C(=O)c3ccc(C(F)(F)F)cc3)CC2)cn1. The predicted octanol–water partition coefficient (Wildman–Crippen LogP) is 1.98. The Kier molecular flexibility index (Phi) is 5.48. The Labute approximate surface area is 160 Å². The van der Waals surface area contributed by atoms with E-state index in [-0.39, 0.29) is 30.1 Å². The second-order valence-electron chi connectivity index (χ2n) is 6.47. The molecular formula is C17H19F3N4O3S. The van der Waals surface area contributed by atoms with Crippen LogP contribution in [0, 0.1) is 0 Å². The molecule has 1 aromatic carbocycles. The van der Waals surface area contributed by atoms with Gasteiger partial charge in [-0.1, -0.05) is 0 Å². The van der Waals surface area contributed by atoms with Crippen LogP contribution >= 0.6 is 0 Å². The van der Waals surface area contributed by atoms with Crippen molar-refractivity contribution in [1.29, 1.82) is 0 Å². The fourth-order valence-electron chi connectivity index (χ4n) is 3.00. The van der Waals surface area contributed by atoms with E-state index in [1.807, 2.05) is 0 Å². The van der Waals surface area contributed by atoms with Crippen LogP contribution in [0.1, 0.15) is 22.3 Å². The number of aromatic nitrogens is 2. The predicted molar refractivity (Wildman–Crippen MR) is 93.9 cm³/mol. The molecule has 0 saturated carbocycles. The lowest BCUT2D eigenvalue weighted by molar-refractivity contribution is -0.137. The smallest absolute Gasteiger partial charge is 0.337 e. The van der Waals surface area contributed by atoms with E-state index in [4.69, 9.17) is 0 Å². The molecule has 28 heavy (non-hydrogen) atoms. The molecule has 0 N–H and O–H groups in total. The highest BCUT2D eigenvalue weighted by atomic mass is 32.2. The van der Waals surface area contributed by atoms with Crippen LogP contribution in [0.2, 0.25) is 0 Å². The normalized spacial score (nSPS) is 16.8. The van der Waals surface area contributed by atoms with Crippen molar-refractivity contribution in [2.75, 3.05) is 26.2 Å². The number of rotatable bonds is 3. The fourth-order valence-corrected chi connectivity index (χ4v) is 4.46. The molecule has 2 heterocycles. The van der Waals surface area contributed by atoms with Crippen molar-refractivity contribution in [3.63, 3.8) is 0 Å². The van der Waals surface area contributed by atoms with Crippen molar-refractivity contribution in [2.45, 2.75) is 17.5 Å². The minimum atomic E-state index is -4.47. The molecule has 0 unspecified atom stereocenters. The summed E-state index contributed by atoms with van der Waals surface area (Å²) in [6.07, 6.45) is -1.37. The fraction of sp³-hybridized carbons (Fsp3) is 0.412. The van der Waals surface area contributed by atoms with E-state index in [0.717, 1.165) is 24.3 Å². The van der Waals surface area contributed by atoms with Crippen LogP contribution in [0.5, 0.6) is 0 Å². The van der Waals surface area contributed by atoms with Crippen molar-refractivity contribution in [1.82, 2.24) is 19.0 Å². The van der Waals surface area contributed by atoms with Gasteiger partial charge in [-0.25, -0.2) is 8.42 Å². The molecule has 1 amide bonds. The van der Waals surface area contributed by atoms with Gasteiger partial charge in [-0.05, 0) is 30.7 Å². The number of alkyl halides is 3. The molecule has 1 fully saturated rings. The summed E-state index contributed by atoms with van der Waals surface area (Å²) in [5.74, 6) is -0.422. The van der Waals surface area contributed by atoms with Gasteiger partial charge in [0.15, 0.2) is 0 Å². The second kappa shape index (κ2) is 7.55. The van der Waals surface area contributed by atoms with E-state index in [1.54, 1.807) is 7.05 Å². The highest BCUT2D eigenvalue weighted by Crippen LogP contribution is 2.29. The number of aryl methyl sites for hydroxylation is 1. The van der Waals surface area contributed by atoms with Gasteiger partial charge >= 0.3 is 6.18 Å². The molecule has 1 saturated heterocycles. The molecule has 3 rings (SSSR count). The third kappa shape index (κ3) is 4.20. The number of hydrogen-bond acceptors (Lipinski definition) is 4. The monoisotopic (exact) mass is 416 g/mol. The minimum Gasteiger partial charge on any atom is -0.337 e. The average molecular weight is 416 g/mol. The molecule has 7 nitrogen and oxygen atoms in total. The Bertz CT molecular complexity index is 955. The maximum absolute atomic E-state index is 12.7. The summed E-state index contributed by atoms with van der Waals surface area (Å²) in [5.41, 5.74) is -0.690. The standard InChI is InChI=1S/C17H19F3N4O3S/c1-22-12-15(11-21-22)28(26,27)24-8-2-7-23(9-10-24)16(25)13-3-5-14(6-4-13)17(18,19)20/h3-6,11-12H,2,7-10H2,1H3. The van der Waals surface area contributed by atoms with Crippen LogP contribution in [-0.4, -0.2) is 59.5 Å². The van der Waals surface area contributed by atoms with Gasteiger partial charge in [0, 0.05) is 45.0 Å². The summed E-state index contributed by atoms with van der Waals surface area (Å²) < 4.78 is 66.1. The summed E-state index contributed by atoms with van der Waals surface area (Å²) in [6.45, 7) is 0.815. The summed E-state index contributed by atoms with van der Waals surface area (Å²) >= 11 is 0. The number of halogens is 3. The Morgan fingerprint density at radius 3 is 2.32 bits per heavy atom. The van der Waals surface area contributed by atoms with Gasteiger partial charge in [-0.15, -0.1) is 0 Å². The van der Waals surface area contributed by atoms with E-state index < -0.39 is 27.7 Å². The van der Waals surface area contributed by atoms with Crippen LogP contribution in [0.3, 0.4) is 0 Å². The van der Waals surface area contributed by atoms with E-state index in [2.05, 4.69) is 5.10 Å². The molecule has 0 radical (unpaired) electrons. The van der Waals surface area contributed by atoms with Crippen molar-refractivity contribution >= 4 is 15.9 Å². The van der Waals surface area contributed by atoms with E-state index in [9.17, 15) is 26.4 Å². The van der Waals surface area contributed by atoms with Gasteiger partial charge in [0.2, 0.25) is 10.0 Å². The van der Waals surface area contributed by atoms with E-state index >= 15 is 0 Å².